The second kappa shape index (κ2) is 12.0. The Morgan fingerprint density at radius 1 is 1.05 bits per heavy atom. The Morgan fingerprint density at radius 3 is 2.53 bits per heavy atom. The molecular formula is C33H45FN6O3. The summed E-state index contributed by atoms with van der Waals surface area (Å²) < 4.78 is 20.7. The molecule has 5 aliphatic rings. The molecule has 2 amide bonds. The highest BCUT2D eigenvalue weighted by atomic mass is 19.1. The smallest absolute Gasteiger partial charge is 0.258 e. The number of ether oxygens (including phenoxy) is 1. The van der Waals surface area contributed by atoms with Crippen molar-refractivity contribution in [2.75, 3.05) is 37.6 Å². The zero-order chi connectivity index (χ0) is 30.3. The van der Waals surface area contributed by atoms with Gasteiger partial charge in [-0.2, -0.15) is 0 Å². The monoisotopic (exact) mass is 592 g/mol. The first kappa shape index (κ1) is 29.8. The molecule has 1 spiro atoms. The molecule has 2 aromatic rings. The van der Waals surface area contributed by atoms with Gasteiger partial charge in [-0.05, 0) is 103 Å². The molecule has 1 N–H and O–H groups in total. The van der Waals surface area contributed by atoms with Crippen molar-refractivity contribution in [1.82, 2.24) is 25.1 Å². The largest absolute Gasteiger partial charge is 0.451 e. The molecule has 1 aromatic carbocycles. The van der Waals surface area contributed by atoms with Crippen LogP contribution in [0, 0.1) is 23.1 Å². The average Bonchev–Trinajstić information content (AvgIpc) is 3.47. The number of benzene rings is 1. The standard InChI is InChI=1S/C33H45FN6O3/c1-21(2)40(22(3)4)31(41)26-15-25(34)9-10-27(26)43-28-17-35-20-37-30(28)38-13-11-33(18-38)12-14-39(19-33)32(42)29-24-7-5-23(6-8-24)16-36-29/h9-10,15,17,20-24,29,36H,5-8,11-14,16,18-19H2,1-4H3/t23-,24+,29-,33?/m0/s1. The van der Waals surface area contributed by atoms with Crippen molar-refractivity contribution in [2.45, 2.75) is 84.3 Å². The Labute approximate surface area is 254 Å². The van der Waals surface area contributed by atoms with Gasteiger partial charge in [0.05, 0.1) is 17.8 Å². The summed E-state index contributed by atoms with van der Waals surface area (Å²) in [6, 6.07) is 3.87. The number of likely N-dealkylation sites (tertiary alicyclic amines) is 1. The molecule has 7 rings (SSSR count). The van der Waals surface area contributed by atoms with E-state index in [1.54, 1.807) is 11.1 Å². The van der Waals surface area contributed by atoms with Gasteiger partial charge in [0.25, 0.3) is 5.91 Å². The summed E-state index contributed by atoms with van der Waals surface area (Å²) in [5, 5.41) is 3.61. The average molecular weight is 593 g/mol. The van der Waals surface area contributed by atoms with Crippen molar-refractivity contribution in [3.63, 3.8) is 0 Å². The van der Waals surface area contributed by atoms with Gasteiger partial charge in [0.2, 0.25) is 5.91 Å². The summed E-state index contributed by atoms with van der Waals surface area (Å²) in [6.45, 7) is 11.8. The molecule has 0 radical (unpaired) electrons. The van der Waals surface area contributed by atoms with Gasteiger partial charge in [0.1, 0.15) is 17.9 Å². The van der Waals surface area contributed by atoms with Crippen LogP contribution < -0.4 is 15.0 Å². The normalized spacial score (nSPS) is 26.9. The summed E-state index contributed by atoms with van der Waals surface area (Å²) in [7, 11) is 0. The fourth-order valence-corrected chi connectivity index (χ4v) is 7.94. The summed E-state index contributed by atoms with van der Waals surface area (Å²) >= 11 is 0. The van der Waals surface area contributed by atoms with Crippen molar-refractivity contribution in [3.8, 4) is 11.5 Å². The van der Waals surface area contributed by atoms with Gasteiger partial charge >= 0.3 is 0 Å². The maximum absolute atomic E-state index is 14.4. The van der Waals surface area contributed by atoms with E-state index in [1.807, 2.05) is 27.7 Å². The number of hydrogen-bond donors (Lipinski definition) is 1. The number of aromatic nitrogens is 2. The first-order valence-corrected chi connectivity index (χ1v) is 16.0. The molecule has 1 aromatic heterocycles. The lowest BCUT2D eigenvalue weighted by Crippen LogP contribution is -2.49. The van der Waals surface area contributed by atoms with E-state index in [2.05, 4.69) is 25.1 Å². The lowest BCUT2D eigenvalue weighted by atomic mass is 9.81. The van der Waals surface area contributed by atoms with E-state index in [0.717, 1.165) is 64.3 Å². The minimum atomic E-state index is -0.499. The van der Waals surface area contributed by atoms with Gasteiger partial charge in [-0.25, -0.2) is 14.4 Å². The highest BCUT2D eigenvalue weighted by molar-refractivity contribution is 5.97. The molecule has 10 heteroatoms. The van der Waals surface area contributed by atoms with Crippen molar-refractivity contribution in [2.24, 2.45) is 17.3 Å². The minimum Gasteiger partial charge on any atom is -0.451 e. The molecule has 1 aliphatic carbocycles. The zero-order valence-corrected chi connectivity index (χ0v) is 25.9. The number of nitrogens with one attached hydrogen (secondary N) is 1. The molecule has 5 fully saturated rings. The van der Waals surface area contributed by atoms with E-state index in [-0.39, 0.29) is 46.7 Å². The number of anilines is 1. The van der Waals surface area contributed by atoms with E-state index in [4.69, 9.17) is 4.74 Å². The number of amides is 2. The van der Waals surface area contributed by atoms with E-state index >= 15 is 0 Å². The lowest BCUT2D eigenvalue weighted by Gasteiger charge is -2.31. The predicted octanol–water partition coefficient (Wildman–Crippen LogP) is 4.87. The first-order chi connectivity index (χ1) is 20.6. The van der Waals surface area contributed by atoms with Crippen LogP contribution in [0.4, 0.5) is 10.2 Å². The number of hydrogen-bond acceptors (Lipinski definition) is 7. The topological polar surface area (TPSA) is 90.9 Å². The number of halogens is 1. The van der Waals surface area contributed by atoms with Crippen LogP contribution in [0.3, 0.4) is 0 Å². The van der Waals surface area contributed by atoms with Gasteiger partial charge in [0.15, 0.2) is 11.6 Å². The number of nitrogens with zero attached hydrogens (tertiary/aromatic N) is 5. The van der Waals surface area contributed by atoms with Gasteiger partial charge in [-0.1, -0.05) is 0 Å². The van der Waals surface area contributed by atoms with Crippen LogP contribution in [0.5, 0.6) is 11.5 Å². The third kappa shape index (κ3) is 5.95. The fourth-order valence-electron chi connectivity index (χ4n) is 7.94. The lowest BCUT2D eigenvalue weighted by molar-refractivity contribution is -0.134. The van der Waals surface area contributed by atoms with Crippen LogP contribution in [0.15, 0.2) is 30.7 Å². The summed E-state index contributed by atoms with van der Waals surface area (Å²) in [6.07, 6.45) is 9.83. The Hall–Kier alpha value is -3.27. The first-order valence-electron chi connectivity index (χ1n) is 16.0. The molecule has 2 atom stereocenters. The number of rotatable bonds is 7. The van der Waals surface area contributed by atoms with Crippen LogP contribution in [0.25, 0.3) is 0 Å². The summed E-state index contributed by atoms with van der Waals surface area (Å²) in [4.78, 5) is 42.1. The van der Waals surface area contributed by atoms with Crippen LogP contribution in [-0.2, 0) is 4.79 Å². The summed E-state index contributed by atoms with van der Waals surface area (Å²) in [5.41, 5.74) is 0.174. The van der Waals surface area contributed by atoms with E-state index in [9.17, 15) is 14.0 Å². The molecule has 5 heterocycles. The van der Waals surface area contributed by atoms with Gasteiger partial charge < -0.3 is 24.8 Å². The van der Waals surface area contributed by atoms with E-state index < -0.39 is 5.82 Å². The molecule has 43 heavy (non-hydrogen) atoms. The molecule has 1 unspecified atom stereocenters. The molecule has 9 nitrogen and oxygen atoms in total. The van der Waals surface area contributed by atoms with Gasteiger partial charge in [-0.15, -0.1) is 0 Å². The van der Waals surface area contributed by atoms with Crippen molar-refractivity contribution >= 4 is 17.6 Å². The second-order valence-electron chi connectivity index (χ2n) is 13.7. The van der Waals surface area contributed by atoms with Crippen molar-refractivity contribution < 1.29 is 18.7 Å². The molecular weight excluding hydrogens is 547 g/mol. The minimum absolute atomic E-state index is 0.00680. The number of carbonyl (C=O) groups excluding carboxylic acids is 2. The molecule has 232 valence electrons. The number of fused-ring (bicyclic) bond motifs is 4. The molecule has 4 saturated heterocycles. The fraction of sp³-hybridized carbons (Fsp3) is 0.636. The highest BCUT2D eigenvalue weighted by Gasteiger charge is 2.48. The van der Waals surface area contributed by atoms with Crippen LogP contribution >= 0.6 is 0 Å². The summed E-state index contributed by atoms with van der Waals surface area (Å²) in [5.74, 6) is 2.01. The Balaban J connectivity index is 1.18. The third-order valence-electron chi connectivity index (χ3n) is 10.1. The van der Waals surface area contributed by atoms with Gasteiger partial charge in [0, 0.05) is 43.7 Å². The maximum Gasteiger partial charge on any atom is 0.258 e. The Bertz CT molecular complexity index is 1340. The van der Waals surface area contributed by atoms with Crippen LogP contribution in [-0.4, -0.2) is 82.4 Å². The molecule has 4 aliphatic heterocycles. The number of carbonyl (C=O) groups is 2. The second-order valence-corrected chi connectivity index (χ2v) is 13.7. The van der Waals surface area contributed by atoms with Crippen molar-refractivity contribution in [1.29, 1.82) is 0 Å². The van der Waals surface area contributed by atoms with Crippen LogP contribution in [0.1, 0.15) is 76.6 Å². The highest BCUT2D eigenvalue weighted by Crippen LogP contribution is 2.44. The maximum atomic E-state index is 14.4. The van der Waals surface area contributed by atoms with Crippen LogP contribution in [0.2, 0.25) is 0 Å². The van der Waals surface area contributed by atoms with E-state index in [1.165, 1.54) is 37.4 Å². The molecule has 1 saturated carbocycles. The third-order valence-corrected chi connectivity index (χ3v) is 10.1. The Morgan fingerprint density at radius 2 is 1.79 bits per heavy atom. The molecule has 2 bridgehead atoms. The Kier molecular flexibility index (Phi) is 8.33. The van der Waals surface area contributed by atoms with Gasteiger partial charge in [-0.3, -0.25) is 9.59 Å². The zero-order valence-electron chi connectivity index (χ0n) is 25.9. The van der Waals surface area contributed by atoms with E-state index in [0.29, 0.717) is 17.5 Å². The predicted molar refractivity (Wildman–Crippen MR) is 163 cm³/mol. The SMILES string of the molecule is CC(C)N(C(=O)c1cc(F)ccc1Oc1cncnc1N1CCC2(CCN(C(=O)[C@H]3NC[C@H]4CC[C@@H]3CC4)C2)C1)C(C)C. The van der Waals surface area contributed by atoms with Crippen molar-refractivity contribution in [3.05, 3.63) is 42.1 Å². The quantitative estimate of drug-likeness (QED) is 0.491.